The molecule has 1 unspecified atom stereocenters. The zero-order valence-corrected chi connectivity index (χ0v) is 18.7. The van der Waals surface area contributed by atoms with Gasteiger partial charge in [-0.05, 0) is 39.0 Å². The number of thioether (sulfide) groups is 1. The summed E-state index contributed by atoms with van der Waals surface area (Å²) in [5.74, 6) is 0.258. The number of fused-ring (bicyclic) bond motifs is 3. The molecule has 2 aromatic heterocycles. The summed E-state index contributed by atoms with van der Waals surface area (Å²) < 4.78 is 12.5. The molecule has 1 amide bonds. The molecule has 2 aliphatic rings. The molecule has 1 fully saturated rings. The Bertz CT molecular complexity index is 1280. The maximum atomic E-state index is 13.2. The molecule has 0 aliphatic carbocycles. The smallest absolute Gasteiger partial charge is 0.343 e. The van der Waals surface area contributed by atoms with Crippen molar-refractivity contribution in [3.8, 4) is 5.82 Å². The average Bonchev–Trinajstić information content (AvgIpc) is 3.49. The van der Waals surface area contributed by atoms with Crippen LogP contribution >= 0.6 is 11.8 Å². The Morgan fingerprint density at radius 3 is 2.75 bits per heavy atom. The van der Waals surface area contributed by atoms with E-state index in [9.17, 15) is 14.4 Å². The van der Waals surface area contributed by atoms with Gasteiger partial charge in [0.2, 0.25) is 11.7 Å². The molecule has 0 spiro atoms. The van der Waals surface area contributed by atoms with Crippen LogP contribution < -0.4 is 4.90 Å². The fourth-order valence-electron chi connectivity index (χ4n) is 4.45. The molecule has 2 aliphatic heterocycles. The highest BCUT2D eigenvalue weighted by Crippen LogP contribution is 2.56. The first-order valence-corrected chi connectivity index (χ1v) is 11.1. The van der Waals surface area contributed by atoms with Crippen LogP contribution in [0.1, 0.15) is 40.3 Å². The quantitative estimate of drug-likeness (QED) is 0.431. The van der Waals surface area contributed by atoms with E-state index in [1.54, 1.807) is 19.1 Å². The van der Waals surface area contributed by atoms with Gasteiger partial charge in [0.1, 0.15) is 5.76 Å². The van der Waals surface area contributed by atoms with Gasteiger partial charge in [-0.15, -0.1) is 0 Å². The first-order chi connectivity index (χ1) is 15.3. The maximum Gasteiger partial charge on any atom is 0.343 e. The zero-order chi connectivity index (χ0) is 22.6. The Labute approximate surface area is 188 Å². The topological polar surface area (TPSA) is 94.6 Å². The predicted octanol–water partition coefficient (Wildman–Crippen LogP) is 3.75. The number of Topliss-reactive ketones (excluding diaryl/α,β-unsaturated/α-hetero) is 1. The van der Waals surface area contributed by atoms with Gasteiger partial charge in [-0.25, -0.2) is 4.79 Å². The molecule has 9 heteroatoms. The van der Waals surface area contributed by atoms with E-state index in [4.69, 9.17) is 9.26 Å². The molecular formula is C23H21N3O5S. The van der Waals surface area contributed by atoms with Gasteiger partial charge in [-0.1, -0.05) is 29.1 Å². The van der Waals surface area contributed by atoms with E-state index in [0.29, 0.717) is 29.3 Å². The molecule has 4 heterocycles. The second-order valence-corrected chi connectivity index (χ2v) is 9.32. The lowest BCUT2D eigenvalue weighted by atomic mass is 10.1. The van der Waals surface area contributed by atoms with Crippen LogP contribution in [0.3, 0.4) is 0 Å². The summed E-state index contributed by atoms with van der Waals surface area (Å²) in [6, 6.07) is 10.9. The summed E-state index contributed by atoms with van der Waals surface area (Å²) in [6.45, 7) is 5.08. The highest BCUT2D eigenvalue weighted by Gasteiger charge is 2.58. The third-order valence-electron chi connectivity index (χ3n) is 5.90. The van der Waals surface area contributed by atoms with E-state index >= 15 is 0 Å². The number of aryl methyl sites for hydroxylation is 2. The van der Waals surface area contributed by atoms with Gasteiger partial charge >= 0.3 is 5.97 Å². The van der Waals surface area contributed by atoms with Crippen LogP contribution in [-0.2, 0) is 14.3 Å². The number of ether oxygens (including phenoxy) is 1. The van der Waals surface area contributed by atoms with Crippen LogP contribution in [-0.4, -0.2) is 38.9 Å². The number of esters is 1. The Balaban J connectivity index is 1.35. The SMILES string of the molecule is Cc1cc(-n2c(C)cc(C(=O)COC(=O)C34CCC(=O)N3c3ccccc3S4)c2C)no1. The summed E-state index contributed by atoms with van der Waals surface area (Å²) >= 11 is 1.32. The molecule has 164 valence electrons. The number of nitrogens with zero attached hydrogens (tertiary/aromatic N) is 3. The first-order valence-electron chi connectivity index (χ1n) is 10.3. The van der Waals surface area contributed by atoms with Crippen molar-refractivity contribution in [2.24, 2.45) is 0 Å². The summed E-state index contributed by atoms with van der Waals surface area (Å²) in [5.41, 5.74) is 2.68. The molecule has 0 N–H and O–H groups in total. The number of anilines is 1. The molecule has 1 saturated heterocycles. The zero-order valence-electron chi connectivity index (χ0n) is 17.9. The second-order valence-electron chi connectivity index (χ2n) is 8.00. The molecule has 0 saturated carbocycles. The number of ketones is 1. The summed E-state index contributed by atoms with van der Waals surface area (Å²) in [7, 11) is 0. The number of rotatable bonds is 5. The fraction of sp³-hybridized carbons (Fsp3) is 0.304. The number of hydrogen-bond acceptors (Lipinski definition) is 7. The van der Waals surface area contributed by atoms with E-state index in [1.807, 2.05) is 42.7 Å². The number of aromatic nitrogens is 2. The van der Waals surface area contributed by atoms with Gasteiger partial charge in [0.05, 0.1) is 5.69 Å². The highest BCUT2D eigenvalue weighted by molar-refractivity contribution is 8.02. The summed E-state index contributed by atoms with van der Waals surface area (Å²) in [4.78, 5) is 39.9. The van der Waals surface area contributed by atoms with Crippen molar-refractivity contribution in [3.05, 3.63) is 59.1 Å². The number of hydrogen-bond donors (Lipinski definition) is 0. The maximum absolute atomic E-state index is 13.2. The van der Waals surface area contributed by atoms with Crippen molar-refractivity contribution in [2.45, 2.75) is 43.4 Å². The number of para-hydroxylation sites is 1. The Kier molecular flexibility index (Phi) is 4.74. The lowest BCUT2D eigenvalue weighted by molar-refractivity contribution is -0.145. The van der Waals surface area contributed by atoms with Crippen molar-refractivity contribution in [3.63, 3.8) is 0 Å². The second kappa shape index (κ2) is 7.37. The van der Waals surface area contributed by atoms with Crippen LogP contribution in [0.4, 0.5) is 5.69 Å². The van der Waals surface area contributed by atoms with E-state index in [2.05, 4.69) is 5.16 Å². The average molecular weight is 452 g/mol. The van der Waals surface area contributed by atoms with Crippen molar-refractivity contribution >= 4 is 35.1 Å². The van der Waals surface area contributed by atoms with Gasteiger partial charge in [0.25, 0.3) is 0 Å². The van der Waals surface area contributed by atoms with Crippen LogP contribution in [0, 0.1) is 20.8 Å². The van der Waals surface area contributed by atoms with Gasteiger partial charge < -0.3 is 9.26 Å². The molecule has 0 bridgehead atoms. The van der Waals surface area contributed by atoms with Crippen molar-refractivity contribution < 1.29 is 23.6 Å². The minimum absolute atomic E-state index is 0.114. The lowest BCUT2D eigenvalue weighted by Crippen LogP contribution is -2.48. The summed E-state index contributed by atoms with van der Waals surface area (Å²) in [5, 5.41) is 4.02. The highest BCUT2D eigenvalue weighted by atomic mass is 32.2. The third kappa shape index (κ3) is 2.99. The number of carbonyl (C=O) groups excluding carboxylic acids is 3. The lowest BCUT2D eigenvalue weighted by Gasteiger charge is -2.28. The third-order valence-corrected chi connectivity index (χ3v) is 7.36. The molecule has 3 aromatic rings. The molecule has 5 rings (SSSR count). The Morgan fingerprint density at radius 2 is 2.00 bits per heavy atom. The normalized spacial score (nSPS) is 19.2. The van der Waals surface area contributed by atoms with Gasteiger partial charge in [-0.2, -0.15) is 0 Å². The monoisotopic (exact) mass is 451 g/mol. The van der Waals surface area contributed by atoms with E-state index in [-0.39, 0.29) is 18.1 Å². The molecule has 1 atom stereocenters. The van der Waals surface area contributed by atoms with E-state index in [1.165, 1.54) is 16.7 Å². The van der Waals surface area contributed by atoms with Gasteiger partial charge in [0, 0.05) is 40.8 Å². The van der Waals surface area contributed by atoms with Gasteiger partial charge in [-0.3, -0.25) is 19.1 Å². The molecule has 32 heavy (non-hydrogen) atoms. The predicted molar refractivity (Wildman–Crippen MR) is 117 cm³/mol. The molecule has 8 nitrogen and oxygen atoms in total. The van der Waals surface area contributed by atoms with Crippen molar-refractivity contribution in [2.75, 3.05) is 11.5 Å². The van der Waals surface area contributed by atoms with Crippen LogP contribution in [0.15, 0.2) is 45.8 Å². The van der Waals surface area contributed by atoms with E-state index in [0.717, 1.165) is 16.3 Å². The molecule has 1 aromatic carbocycles. The first kappa shape index (κ1) is 20.6. The Morgan fingerprint density at radius 1 is 1.22 bits per heavy atom. The Hall–Kier alpha value is -3.33. The standard InChI is InChI=1S/C23H21N3O5S/c1-13-10-16(15(3)25(13)20-11-14(2)31-24-20)18(27)12-30-22(29)23-9-8-21(28)26(23)17-6-4-5-7-19(17)32-23/h4-7,10-11H,8-9,12H2,1-3H3. The fourth-order valence-corrected chi connectivity index (χ4v) is 5.86. The minimum Gasteiger partial charge on any atom is -0.455 e. The molecular weight excluding hydrogens is 430 g/mol. The van der Waals surface area contributed by atoms with Crippen molar-refractivity contribution in [1.29, 1.82) is 0 Å². The van der Waals surface area contributed by atoms with Crippen LogP contribution in [0.2, 0.25) is 0 Å². The van der Waals surface area contributed by atoms with Gasteiger partial charge in [0.15, 0.2) is 17.3 Å². The largest absolute Gasteiger partial charge is 0.455 e. The van der Waals surface area contributed by atoms with E-state index < -0.39 is 17.4 Å². The number of carbonyl (C=O) groups is 3. The van der Waals surface area contributed by atoms with Crippen LogP contribution in [0.25, 0.3) is 5.82 Å². The summed E-state index contributed by atoms with van der Waals surface area (Å²) in [6.07, 6.45) is 0.612. The molecule has 0 radical (unpaired) electrons. The number of benzene rings is 1. The number of amides is 1. The minimum atomic E-state index is -1.14. The van der Waals surface area contributed by atoms with Crippen LogP contribution in [0.5, 0.6) is 0 Å². The van der Waals surface area contributed by atoms with Crippen molar-refractivity contribution in [1.82, 2.24) is 9.72 Å².